The van der Waals surface area contributed by atoms with E-state index in [2.05, 4.69) is 35.0 Å². The van der Waals surface area contributed by atoms with Crippen molar-refractivity contribution in [3.63, 3.8) is 0 Å². The van der Waals surface area contributed by atoms with Gasteiger partial charge in [0.2, 0.25) is 0 Å². The molecule has 1 aliphatic rings. The molecule has 2 N–H and O–H groups in total. The van der Waals surface area contributed by atoms with Crippen molar-refractivity contribution in [1.29, 1.82) is 5.26 Å². The first-order valence-electron chi connectivity index (χ1n) is 7.41. The Kier molecular flexibility index (Phi) is 4.56. The number of anilines is 1. The van der Waals surface area contributed by atoms with E-state index in [0.29, 0.717) is 11.5 Å². The molecule has 1 aromatic heterocycles. The lowest BCUT2D eigenvalue weighted by molar-refractivity contribution is 0.380. The third kappa shape index (κ3) is 2.61. The highest BCUT2D eigenvalue weighted by Crippen LogP contribution is 2.27. The van der Waals surface area contributed by atoms with Gasteiger partial charge in [0.25, 0.3) is 0 Å². The van der Waals surface area contributed by atoms with E-state index >= 15 is 0 Å². The molecule has 0 spiro atoms. The van der Waals surface area contributed by atoms with E-state index in [0.717, 1.165) is 49.4 Å². The molecule has 0 aromatic carbocycles. The summed E-state index contributed by atoms with van der Waals surface area (Å²) < 4.78 is 0. The van der Waals surface area contributed by atoms with Gasteiger partial charge >= 0.3 is 0 Å². The minimum Gasteiger partial charge on any atom is -0.354 e. The van der Waals surface area contributed by atoms with Crippen molar-refractivity contribution in [1.82, 2.24) is 10.2 Å². The zero-order valence-electron chi connectivity index (χ0n) is 12.6. The zero-order valence-corrected chi connectivity index (χ0v) is 12.6. The Balaban J connectivity index is 2.40. The van der Waals surface area contributed by atoms with Crippen LogP contribution in [0.15, 0.2) is 0 Å². The minimum absolute atomic E-state index is 0.241. The summed E-state index contributed by atoms with van der Waals surface area (Å²) in [5, 5.41) is 18.2. The van der Waals surface area contributed by atoms with Crippen LogP contribution in [-0.4, -0.2) is 29.3 Å². The SMILES string of the molecule is CCc1nnc(N2CCC(N)C(C)C2)c(C#N)c1CC. The number of rotatable bonds is 3. The molecule has 2 heterocycles. The number of hydrogen-bond acceptors (Lipinski definition) is 5. The molecule has 0 aliphatic carbocycles. The highest BCUT2D eigenvalue weighted by Gasteiger charge is 2.27. The van der Waals surface area contributed by atoms with Gasteiger partial charge in [0.15, 0.2) is 5.82 Å². The Morgan fingerprint density at radius 2 is 2.10 bits per heavy atom. The van der Waals surface area contributed by atoms with Gasteiger partial charge < -0.3 is 10.6 Å². The van der Waals surface area contributed by atoms with Crippen LogP contribution in [-0.2, 0) is 12.8 Å². The summed E-state index contributed by atoms with van der Waals surface area (Å²) in [7, 11) is 0. The number of nitrogens with zero attached hydrogens (tertiary/aromatic N) is 4. The standard InChI is InChI=1S/C15H23N5/c1-4-11-12(8-16)15(19-18-14(11)5-2)20-7-6-13(17)10(3)9-20/h10,13H,4-7,9,17H2,1-3H3. The fraction of sp³-hybridized carbons (Fsp3) is 0.667. The molecule has 0 saturated carbocycles. The third-order valence-corrected chi connectivity index (χ3v) is 4.21. The summed E-state index contributed by atoms with van der Waals surface area (Å²) in [5.41, 5.74) is 8.74. The van der Waals surface area contributed by atoms with Gasteiger partial charge in [0, 0.05) is 19.1 Å². The molecule has 5 nitrogen and oxygen atoms in total. The molecular weight excluding hydrogens is 250 g/mol. The highest BCUT2D eigenvalue weighted by atomic mass is 15.3. The molecule has 0 bridgehead atoms. The fourth-order valence-electron chi connectivity index (χ4n) is 2.86. The summed E-state index contributed by atoms with van der Waals surface area (Å²) in [6, 6.07) is 2.58. The van der Waals surface area contributed by atoms with Gasteiger partial charge in [-0.3, -0.25) is 0 Å². The second kappa shape index (κ2) is 6.19. The van der Waals surface area contributed by atoms with Crippen molar-refractivity contribution >= 4 is 5.82 Å². The summed E-state index contributed by atoms with van der Waals surface area (Å²) in [6.45, 7) is 7.96. The molecular formula is C15H23N5. The average molecular weight is 273 g/mol. The normalized spacial score (nSPS) is 22.6. The van der Waals surface area contributed by atoms with Crippen LogP contribution in [0, 0.1) is 17.2 Å². The van der Waals surface area contributed by atoms with Gasteiger partial charge in [0.1, 0.15) is 11.6 Å². The van der Waals surface area contributed by atoms with E-state index in [4.69, 9.17) is 5.73 Å². The molecule has 1 aliphatic heterocycles. The van der Waals surface area contributed by atoms with Crippen LogP contribution < -0.4 is 10.6 Å². The molecule has 2 atom stereocenters. The summed E-state index contributed by atoms with van der Waals surface area (Å²) in [5.74, 6) is 1.15. The third-order valence-electron chi connectivity index (χ3n) is 4.21. The molecule has 0 amide bonds. The topological polar surface area (TPSA) is 78.8 Å². The lowest BCUT2D eigenvalue weighted by atomic mass is 9.94. The first kappa shape index (κ1) is 14.7. The number of nitrogens with two attached hydrogens (primary N) is 1. The van der Waals surface area contributed by atoms with E-state index in [1.807, 2.05) is 6.92 Å². The van der Waals surface area contributed by atoms with Gasteiger partial charge in [0.05, 0.1) is 5.69 Å². The Hall–Kier alpha value is -1.67. The average Bonchev–Trinajstić information content (AvgIpc) is 2.48. The van der Waals surface area contributed by atoms with Crippen molar-refractivity contribution in [2.75, 3.05) is 18.0 Å². The van der Waals surface area contributed by atoms with Crippen LogP contribution in [0.1, 0.15) is 44.0 Å². The first-order valence-corrected chi connectivity index (χ1v) is 7.41. The fourth-order valence-corrected chi connectivity index (χ4v) is 2.86. The maximum Gasteiger partial charge on any atom is 0.169 e. The molecule has 1 aromatic rings. The largest absolute Gasteiger partial charge is 0.354 e. The Morgan fingerprint density at radius 1 is 1.35 bits per heavy atom. The van der Waals surface area contributed by atoms with Crippen molar-refractivity contribution in [2.45, 2.75) is 46.1 Å². The summed E-state index contributed by atoms with van der Waals surface area (Å²) in [4.78, 5) is 2.16. The number of piperidine rings is 1. The Morgan fingerprint density at radius 3 is 2.65 bits per heavy atom. The van der Waals surface area contributed by atoms with E-state index in [1.54, 1.807) is 0 Å². The van der Waals surface area contributed by atoms with Crippen molar-refractivity contribution in [3.05, 3.63) is 16.8 Å². The molecule has 2 unspecified atom stereocenters. The molecule has 20 heavy (non-hydrogen) atoms. The number of hydrogen-bond donors (Lipinski definition) is 1. The highest BCUT2D eigenvalue weighted by molar-refractivity contribution is 5.58. The number of nitriles is 1. The van der Waals surface area contributed by atoms with Crippen LogP contribution in [0.2, 0.25) is 0 Å². The van der Waals surface area contributed by atoms with Crippen LogP contribution in [0.25, 0.3) is 0 Å². The number of aryl methyl sites for hydroxylation is 1. The van der Waals surface area contributed by atoms with E-state index < -0.39 is 0 Å². The summed E-state index contributed by atoms with van der Waals surface area (Å²) in [6.07, 6.45) is 2.56. The minimum atomic E-state index is 0.241. The van der Waals surface area contributed by atoms with Crippen molar-refractivity contribution in [3.8, 4) is 6.07 Å². The molecule has 108 valence electrons. The first-order chi connectivity index (χ1) is 9.62. The molecule has 1 fully saturated rings. The number of aromatic nitrogens is 2. The quantitative estimate of drug-likeness (QED) is 0.905. The van der Waals surface area contributed by atoms with Gasteiger partial charge in [-0.1, -0.05) is 20.8 Å². The Bertz CT molecular complexity index is 520. The van der Waals surface area contributed by atoms with Gasteiger partial charge in [-0.2, -0.15) is 10.4 Å². The van der Waals surface area contributed by atoms with E-state index in [-0.39, 0.29) is 6.04 Å². The maximum atomic E-state index is 9.53. The van der Waals surface area contributed by atoms with E-state index in [1.165, 1.54) is 0 Å². The molecule has 5 heteroatoms. The van der Waals surface area contributed by atoms with Crippen LogP contribution >= 0.6 is 0 Å². The molecule has 2 rings (SSSR count). The smallest absolute Gasteiger partial charge is 0.169 e. The van der Waals surface area contributed by atoms with Gasteiger partial charge in [-0.15, -0.1) is 5.10 Å². The van der Waals surface area contributed by atoms with Crippen LogP contribution in [0.3, 0.4) is 0 Å². The van der Waals surface area contributed by atoms with E-state index in [9.17, 15) is 5.26 Å². The van der Waals surface area contributed by atoms with Crippen LogP contribution in [0.5, 0.6) is 0 Å². The van der Waals surface area contributed by atoms with Gasteiger partial charge in [-0.05, 0) is 30.7 Å². The molecule has 1 saturated heterocycles. The lowest BCUT2D eigenvalue weighted by Crippen LogP contribution is -2.46. The predicted octanol–water partition coefficient (Wildman–Crippen LogP) is 1.65. The van der Waals surface area contributed by atoms with Gasteiger partial charge in [-0.25, -0.2) is 0 Å². The second-order valence-corrected chi connectivity index (χ2v) is 5.52. The summed E-state index contributed by atoms with van der Waals surface area (Å²) >= 11 is 0. The van der Waals surface area contributed by atoms with Crippen molar-refractivity contribution in [2.24, 2.45) is 11.7 Å². The Labute approximate surface area is 120 Å². The van der Waals surface area contributed by atoms with Crippen molar-refractivity contribution < 1.29 is 0 Å². The maximum absolute atomic E-state index is 9.53. The van der Waals surface area contributed by atoms with Crippen LogP contribution in [0.4, 0.5) is 5.82 Å². The second-order valence-electron chi connectivity index (χ2n) is 5.52. The monoisotopic (exact) mass is 273 g/mol. The zero-order chi connectivity index (χ0) is 14.7. The predicted molar refractivity (Wildman–Crippen MR) is 79.5 cm³/mol. The molecule has 0 radical (unpaired) electrons. The lowest BCUT2D eigenvalue weighted by Gasteiger charge is -2.36.